The first-order chi connectivity index (χ1) is 4.91. The van der Waals surface area contributed by atoms with E-state index in [1.165, 1.54) is 4.68 Å². The Labute approximate surface area is 66.0 Å². The monoisotopic (exact) mass is 156 g/mol. The molecule has 0 radical (unpaired) electrons. The molecule has 1 aromatic heterocycles. The third kappa shape index (κ3) is 1.59. The highest BCUT2D eigenvalue weighted by Gasteiger charge is 2.20. The third-order valence-corrected chi connectivity index (χ3v) is 1.59. The molecular weight excluding hydrogens is 143 g/mol. The molecule has 1 heterocycles. The normalized spacial score (nSPS) is 12.1. The van der Waals surface area contributed by atoms with E-state index in [2.05, 4.69) is 5.10 Å². The highest BCUT2D eigenvalue weighted by molar-refractivity contribution is 5.16. The highest BCUT2D eigenvalue weighted by Crippen LogP contribution is 2.23. The van der Waals surface area contributed by atoms with Gasteiger partial charge in [0.2, 0.25) is 5.95 Å². The molecular formula is C8H13FN2. The Morgan fingerprint density at radius 1 is 1.45 bits per heavy atom. The van der Waals surface area contributed by atoms with Gasteiger partial charge in [-0.05, 0) is 5.41 Å². The van der Waals surface area contributed by atoms with Crippen molar-refractivity contribution in [2.45, 2.75) is 26.2 Å². The van der Waals surface area contributed by atoms with Gasteiger partial charge in [0.25, 0.3) is 0 Å². The van der Waals surface area contributed by atoms with Gasteiger partial charge in [0.1, 0.15) is 0 Å². The molecule has 62 valence electrons. The molecule has 1 rings (SSSR count). The van der Waals surface area contributed by atoms with E-state index in [-0.39, 0.29) is 11.4 Å². The molecule has 0 amide bonds. The fraction of sp³-hybridized carbons (Fsp3) is 0.625. The summed E-state index contributed by atoms with van der Waals surface area (Å²) in [5.41, 5.74) is 0.512. The molecule has 0 atom stereocenters. The first-order valence-electron chi connectivity index (χ1n) is 3.61. The van der Waals surface area contributed by atoms with Gasteiger partial charge < -0.3 is 0 Å². The van der Waals surface area contributed by atoms with E-state index < -0.39 is 0 Å². The van der Waals surface area contributed by atoms with E-state index >= 15 is 0 Å². The summed E-state index contributed by atoms with van der Waals surface area (Å²) in [6.45, 7) is 5.90. The molecule has 2 nitrogen and oxygen atoms in total. The van der Waals surface area contributed by atoms with Gasteiger partial charge in [0.05, 0.1) is 0 Å². The van der Waals surface area contributed by atoms with Crippen LogP contribution in [0.5, 0.6) is 0 Å². The van der Waals surface area contributed by atoms with Crippen molar-refractivity contribution in [2.24, 2.45) is 7.05 Å². The molecule has 0 unspecified atom stereocenters. The molecule has 0 fully saturated rings. The summed E-state index contributed by atoms with van der Waals surface area (Å²) in [7, 11) is 1.72. The Morgan fingerprint density at radius 2 is 2.00 bits per heavy atom. The SMILES string of the molecule is Cn1cc(C(C)(C)C)c(F)n1. The zero-order valence-corrected chi connectivity index (χ0v) is 7.35. The van der Waals surface area contributed by atoms with Crippen LogP contribution in [0.1, 0.15) is 26.3 Å². The Balaban J connectivity index is 3.13. The van der Waals surface area contributed by atoms with Crippen LogP contribution in [-0.2, 0) is 12.5 Å². The lowest BCUT2D eigenvalue weighted by Gasteiger charge is -2.15. The average molecular weight is 156 g/mol. The summed E-state index contributed by atoms with van der Waals surface area (Å²) in [6.07, 6.45) is 1.72. The van der Waals surface area contributed by atoms with Crippen molar-refractivity contribution < 1.29 is 4.39 Å². The maximum Gasteiger partial charge on any atom is 0.236 e. The Hall–Kier alpha value is -0.860. The van der Waals surface area contributed by atoms with Crippen molar-refractivity contribution in [3.05, 3.63) is 17.7 Å². The lowest BCUT2D eigenvalue weighted by atomic mass is 9.89. The zero-order chi connectivity index (χ0) is 8.65. The molecule has 0 saturated heterocycles. The second-order valence-corrected chi connectivity index (χ2v) is 3.76. The van der Waals surface area contributed by atoms with Crippen LogP contribution < -0.4 is 0 Å². The average Bonchev–Trinajstić information content (AvgIpc) is 2.08. The largest absolute Gasteiger partial charge is 0.273 e. The lowest BCUT2D eigenvalue weighted by Crippen LogP contribution is -2.11. The predicted octanol–water partition coefficient (Wildman–Crippen LogP) is 1.86. The summed E-state index contributed by atoms with van der Waals surface area (Å²) in [6, 6.07) is 0. The minimum absolute atomic E-state index is 0.154. The van der Waals surface area contributed by atoms with E-state index in [0.29, 0.717) is 5.56 Å². The smallest absolute Gasteiger partial charge is 0.236 e. The maximum atomic E-state index is 13.0. The van der Waals surface area contributed by atoms with Crippen LogP contribution in [0.3, 0.4) is 0 Å². The Bertz CT molecular complexity index is 258. The van der Waals surface area contributed by atoms with Crippen molar-refractivity contribution in [3.63, 3.8) is 0 Å². The van der Waals surface area contributed by atoms with Gasteiger partial charge in [-0.1, -0.05) is 20.8 Å². The van der Waals surface area contributed by atoms with Gasteiger partial charge in [-0.15, -0.1) is 5.10 Å². The maximum absolute atomic E-state index is 13.0. The van der Waals surface area contributed by atoms with Crippen LogP contribution in [0.2, 0.25) is 0 Å². The molecule has 11 heavy (non-hydrogen) atoms. The van der Waals surface area contributed by atoms with Crippen LogP contribution in [-0.4, -0.2) is 9.78 Å². The Kier molecular flexibility index (Phi) is 1.74. The standard InChI is InChI=1S/C8H13FN2/c1-8(2,3)6-5-11(4)10-7(6)9/h5H,1-4H3. The molecule has 0 saturated carbocycles. The molecule has 1 aromatic rings. The predicted molar refractivity (Wildman–Crippen MR) is 41.9 cm³/mol. The molecule has 0 spiro atoms. The summed E-state index contributed by atoms with van der Waals surface area (Å²) in [5, 5.41) is 3.63. The second-order valence-electron chi connectivity index (χ2n) is 3.76. The zero-order valence-electron chi connectivity index (χ0n) is 7.35. The van der Waals surface area contributed by atoms with E-state index in [1.54, 1.807) is 13.2 Å². The van der Waals surface area contributed by atoms with E-state index in [4.69, 9.17) is 0 Å². The van der Waals surface area contributed by atoms with Gasteiger partial charge in [0, 0.05) is 18.8 Å². The first kappa shape index (κ1) is 8.24. The first-order valence-corrected chi connectivity index (χ1v) is 3.61. The number of aryl methyl sites for hydroxylation is 1. The topological polar surface area (TPSA) is 17.8 Å². The number of halogens is 1. The fourth-order valence-corrected chi connectivity index (χ4v) is 0.964. The minimum atomic E-state index is -0.361. The van der Waals surface area contributed by atoms with Crippen molar-refractivity contribution >= 4 is 0 Å². The van der Waals surface area contributed by atoms with Crippen LogP contribution in [0.25, 0.3) is 0 Å². The minimum Gasteiger partial charge on any atom is -0.273 e. The van der Waals surface area contributed by atoms with Gasteiger partial charge in [-0.3, -0.25) is 4.68 Å². The van der Waals surface area contributed by atoms with Gasteiger partial charge >= 0.3 is 0 Å². The fourth-order valence-electron chi connectivity index (χ4n) is 0.964. The number of nitrogens with zero attached hydrogens (tertiary/aromatic N) is 2. The van der Waals surface area contributed by atoms with E-state index in [0.717, 1.165) is 0 Å². The third-order valence-electron chi connectivity index (χ3n) is 1.59. The quantitative estimate of drug-likeness (QED) is 0.560. The van der Waals surface area contributed by atoms with E-state index in [1.807, 2.05) is 20.8 Å². The molecule has 3 heteroatoms. The number of aromatic nitrogens is 2. The van der Waals surface area contributed by atoms with Gasteiger partial charge in [-0.25, -0.2) is 0 Å². The van der Waals surface area contributed by atoms with Gasteiger partial charge in [0.15, 0.2) is 0 Å². The van der Waals surface area contributed by atoms with Crippen LogP contribution in [0.15, 0.2) is 6.20 Å². The molecule has 0 aromatic carbocycles. The molecule has 0 bridgehead atoms. The molecule has 0 N–H and O–H groups in total. The Morgan fingerprint density at radius 3 is 2.18 bits per heavy atom. The van der Waals surface area contributed by atoms with Crippen molar-refractivity contribution in [1.29, 1.82) is 0 Å². The van der Waals surface area contributed by atoms with Crippen molar-refractivity contribution in [2.75, 3.05) is 0 Å². The van der Waals surface area contributed by atoms with Gasteiger partial charge in [-0.2, -0.15) is 4.39 Å². The molecule has 0 aliphatic rings. The number of rotatable bonds is 0. The summed E-state index contributed by atoms with van der Waals surface area (Å²) >= 11 is 0. The second kappa shape index (κ2) is 2.32. The van der Waals surface area contributed by atoms with Crippen LogP contribution in [0.4, 0.5) is 4.39 Å². The van der Waals surface area contributed by atoms with E-state index in [9.17, 15) is 4.39 Å². The number of hydrogen-bond donors (Lipinski definition) is 0. The lowest BCUT2D eigenvalue weighted by molar-refractivity contribution is 0.501. The summed E-state index contributed by atoms with van der Waals surface area (Å²) < 4.78 is 14.5. The molecule has 0 aliphatic heterocycles. The molecule has 0 aliphatic carbocycles. The summed E-state index contributed by atoms with van der Waals surface area (Å²) in [5.74, 6) is -0.361. The number of hydrogen-bond acceptors (Lipinski definition) is 1. The summed E-state index contributed by atoms with van der Waals surface area (Å²) in [4.78, 5) is 0. The van der Waals surface area contributed by atoms with Crippen molar-refractivity contribution in [3.8, 4) is 0 Å². The van der Waals surface area contributed by atoms with Crippen molar-refractivity contribution in [1.82, 2.24) is 9.78 Å². The van der Waals surface area contributed by atoms with Crippen LogP contribution >= 0.6 is 0 Å². The van der Waals surface area contributed by atoms with Crippen LogP contribution in [0, 0.1) is 5.95 Å². The highest BCUT2D eigenvalue weighted by atomic mass is 19.1.